The average molecular weight is 557 g/mol. The van der Waals surface area contributed by atoms with E-state index in [1.807, 2.05) is 6.92 Å². The first-order valence-electron chi connectivity index (χ1n) is 12.7. The van der Waals surface area contributed by atoms with Gasteiger partial charge in [-0.3, -0.25) is 4.79 Å². The quantitative estimate of drug-likeness (QED) is 0.176. The van der Waals surface area contributed by atoms with E-state index in [1.54, 1.807) is 45.5 Å². The van der Waals surface area contributed by atoms with Crippen LogP contribution in [0.4, 0.5) is 5.82 Å². The number of carbonyl (C=O) groups is 2. The van der Waals surface area contributed by atoms with Crippen molar-refractivity contribution in [2.24, 2.45) is 5.73 Å². The minimum atomic E-state index is -1.95. The summed E-state index contributed by atoms with van der Waals surface area (Å²) in [6.45, 7) is 13.2. The van der Waals surface area contributed by atoms with Gasteiger partial charge in [0.25, 0.3) is 6.35 Å². The summed E-state index contributed by atoms with van der Waals surface area (Å²) in [5, 5.41) is 2.80. The van der Waals surface area contributed by atoms with E-state index in [-0.39, 0.29) is 24.5 Å². The number of rotatable bonds is 14. The number of unbranched alkanes of at least 4 members (excludes halogenated alkanes) is 2. The van der Waals surface area contributed by atoms with Gasteiger partial charge in [-0.25, -0.2) is 19.7 Å². The van der Waals surface area contributed by atoms with Crippen LogP contribution in [0.15, 0.2) is 12.7 Å². The molecule has 5 N–H and O–H groups in total. The molecule has 0 radical (unpaired) electrons. The third kappa shape index (κ3) is 11.8. The van der Waals surface area contributed by atoms with E-state index in [2.05, 4.69) is 27.0 Å². The summed E-state index contributed by atoms with van der Waals surface area (Å²) in [5.74, 6) is -0.449. The molecule has 0 saturated heterocycles. The van der Waals surface area contributed by atoms with Gasteiger partial charge in [-0.2, -0.15) is 0 Å². The van der Waals surface area contributed by atoms with E-state index in [0.29, 0.717) is 30.1 Å². The summed E-state index contributed by atoms with van der Waals surface area (Å²) in [7, 11) is -1.95. The van der Waals surface area contributed by atoms with Gasteiger partial charge >= 0.3 is 19.9 Å². The van der Waals surface area contributed by atoms with Crippen molar-refractivity contribution < 1.29 is 28.4 Å². The molecule has 0 saturated carbocycles. The molecular formula is C24H43N7O6P+. The van der Waals surface area contributed by atoms with Crippen molar-refractivity contribution in [1.29, 1.82) is 0 Å². The molecule has 14 heteroatoms. The Labute approximate surface area is 225 Å². The molecule has 13 nitrogen and oxygen atoms in total. The van der Waals surface area contributed by atoms with Crippen molar-refractivity contribution in [1.82, 2.24) is 24.6 Å². The van der Waals surface area contributed by atoms with Crippen molar-refractivity contribution in [3.63, 3.8) is 0 Å². The van der Waals surface area contributed by atoms with Gasteiger partial charge in [-0.1, -0.05) is 24.9 Å². The topological polar surface area (TPSA) is 187 Å². The first-order valence-corrected chi connectivity index (χ1v) is 14.1. The molecule has 0 aliphatic carbocycles. The van der Waals surface area contributed by atoms with Crippen LogP contribution in [0.25, 0.3) is 11.2 Å². The maximum absolute atomic E-state index is 12.4. The molecule has 3 atom stereocenters. The molecule has 0 fully saturated rings. The summed E-state index contributed by atoms with van der Waals surface area (Å²) in [6.07, 6.45) is 5.52. The molecule has 0 aliphatic rings. The van der Waals surface area contributed by atoms with Gasteiger partial charge in [0.15, 0.2) is 17.0 Å². The van der Waals surface area contributed by atoms with E-state index in [9.17, 15) is 14.2 Å². The second-order valence-electron chi connectivity index (χ2n) is 9.67. The van der Waals surface area contributed by atoms with Crippen molar-refractivity contribution in [3.8, 4) is 0 Å². The molecule has 2 aromatic rings. The predicted molar refractivity (Wildman–Crippen MR) is 145 cm³/mol. The molecule has 214 valence electrons. The van der Waals surface area contributed by atoms with E-state index >= 15 is 0 Å². The Morgan fingerprint density at radius 3 is 2.42 bits per heavy atom. The van der Waals surface area contributed by atoms with Gasteiger partial charge in [0.05, 0.1) is 31.7 Å². The minimum absolute atomic E-state index is 0.0349. The lowest BCUT2D eigenvalue weighted by Crippen LogP contribution is -2.44. The number of ether oxygens (including phenoxy) is 3. The Morgan fingerprint density at radius 2 is 1.84 bits per heavy atom. The van der Waals surface area contributed by atoms with Gasteiger partial charge in [0.1, 0.15) is 17.9 Å². The monoisotopic (exact) mass is 556 g/mol. The zero-order valence-corrected chi connectivity index (χ0v) is 24.4. The number of aromatic nitrogens is 4. The van der Waals surface area contributed by atoms with Crippen LogP contribution in [-0.4, -0.2) is 68.2 Å². The first kappa shape index (κ1) is 33.3. The van der Waals surface area contributed by atoms with Gasteiger partial charge in [-0.15, -0.1) is 0 Å². The lowest BCUT2D eigenvalue weighted by Gasteiger charge is -2.18. The average Bonchev–Trinajstić information content (AvgIpc) is 3.24. The number of fused-ring (bicyclic) bond motifs is 1. The zero-order chi connectivity index (χ0) is 28.9. The number of nitrogens with two attached hydrogens (primary N) is 2. The Hall–Kier alpha value is -2.73. The van der Waals surface area contributed by atoms with E-state index < -0.39 is 25.5 Å². The van der Waals surface area contributed by atoms with Gasteiger partial charge in [0.2, 0.25) is 0 Å². The number of esters is 2. The molecular weight excluding hydrogens is 513 g/mol. The van der Waals surface area contributed by atoms with Crippen molar-refractivity contribution in [3.05, 3.63) is 12.7 Å². The van der Waals surface area contributed by atoms with E-state index in [1.165, 1.54) is 6.33 Å². The normalized spacial score (nSPS) is 13.4. The molecule has 0 amide bonds. The highest BCUT2D eigenvalue weighted by atomic mass is 31.1. The number of imidazole rings is 1. The first-order chi connectivity index (χ1) is 17.8. The maximum atomic E-state index is 12.4. The van der Waals surface area contributed by atoms with Crippen LogP contribution in [0.3, 0.4) is 0 Å². The fourth-order valence-electron chi connectivity index (χ4n) is 2.98. The second-order valence-corrected chi connectivity index (χ2v) is 10.9. The van der Waals surface area contributed by atoms with Crippen LogP contribution >= 0.6 is 7.95 Å². The fraction of sp³-hybridized carbons (Fsp3) is 0.708. The number of hydrogen-bond donors (Lipinski definition) is 3. The molecule has 0 bridgehead atoms. The summed E-state index contributed by atoms with van der Waals surface area (Å²) in [5.41, 5.74) is 11.1. The molecule has 2 heterocycles. The predicted octanol–water partition coefficient (Wildman–Crippen LogP) is 2.90. The summed E-state index contributed by atoms with van der Waals surface area (Å²) in [4.78, 5) is 35.1. The number of hydrogen-bond acceptors (Lipinski definition) is 11. The van der Waals surface area contributed by atoms with Crippen molar-refractivity contribution in [2.45, 2.75) is 98.1 Å². The molecule has 0 aliphatic heterocycles. The molecule has 2 aromatic heterocycles. The smallest absolute Gasteiger partial charge is 0.461 e. The third-order valence-corrected chi connectivity index (χ3v) is 6.17. The van der Waals surface area contributed by atoms with Crippen molar-refractivity contribution in [2.75, 3.05) is 18.7 Å². The van der Waals surface area contributed by atoms with E-state index in [4.69, 9.17) is 25.7 Å². The maximum Gasteiger partial charge on any atom is 0.461 e. The standard InChI is InChI=1S/C18H30N6O4P.C6H13NO2/c1-5-6-7-8-27-17(25)18(3,4)23-29(26)12-28-13(2)9-24-11-22-14-15(19)20-10-21-16(14)24;1-4(2)9-6(8)5(3)7/h10-11,13H,5-9,12H2,1-4H3,(H,23,26)(H2,19,20,21);4-5H,7H2,1-3H3/q+1;. The zero-order valence-electron chi connectivity index (χ0n) is 23.5. The number of anilines is 1. The summed E-state index contributed by atoms with van der Waals surface area (Å²) < 4.78 is 29.8. The Bertz CT molecular complexity index is 1040. The number of nitrogens with one attached hydrogen (secondary N) is 1. The van der Waals surface area contributed by atoms with Crippen LogP contribution in [-0.2, 0) is 34.9 Å². The van der Waals surface area contributed by atoms with Crippen LogP contribution in [0.2, 0.25) is 0 Å². The van der Waals surface area contributed by atoms with Crippen LogP contribution in [0, 0.1) is 0 Å². The minimum Gasteiger partial charge on any atom is -0.464 e. The van der Waals surface area contributed by atoms with Crippen LogP contribution < -0.4 is 16.6 Å². The molecule has 0 spiro atoms. The number of nitrogens with zero attached hydrogens (tertiary/aromatic N) is 4. The van der Waals surface area contributed by atoms with Crippen LogP contribution in [0.1, 0.15) is 67.7 Å². The highest BCUT2D eigenvalue weighted by Gasteiger charge is 2.37. The fourth-order valence-corrected chi connectivity index (χ4v) is 4.15. The molecule has 2 rings (SSSR count). The number of nitrogen functional groups attached to an aromatic ring is 1. The van der Waals surface area contributed by atoms with Crippen molar-refractivity contribution >= 4 is 36.9 Å². The molecule has 0 aromatic carbocycles. The Kier molecular flexibility index (Phi) is 14.3. The third-order valence-electron chi connectivity index (χ3n) is 4.98. The summed E-state index contributed by atoms with van der Waals surface area (Å²) >= 11 is 0. The Morgan fingerprint density at radius 1 is 1.16 bits per heavy atom. The second kappa shape index (κ2) is 16.3. The van der Waals surface area contributed by atoms with Crippen LogP contribution in [0.5, 0.6) is 0 Å². The van der Waals surface area contributed by atoms with E-state index in [0.717, 1.165) is 19.3 Å². The van der Waals surface area contributed by atoms with Gasteiger partial charge in [-0.05, 0) is 52.5 Å². The Balaban J connectivity index is 0.000000686. The SMILES string of the molecule is CC(C)OC(=O)C(C)N.CCCCCOC(=O)C(C)(C)N[P+](=O)COC(C)Cn1cnc2c(N)ncnc21. The lowest BCUT2D eigenvalue weighted by molar-refractivity contribution is -0.150. The summed E-state index contributed by atoms with van der Waals surface area (Å²) in [6, 6.07) is -0.507. The largest absolute Gasteiger partial charge is 0.464 e. The molecule has 3 unspecified atom stereocenters. The lowest BCUT2D eigenvalue weighted by atomic mass is 10.1. The van der Waals surface area contributed by atoms with Gasteiger partial charge in [0, 0.05) is 0 Å². The highest BCUT2D eigenvalue weighted by molar-refractivity contribution is 7.42. The molecule has 38 heavy (non-hydrogen) atoms. The number of carbonyl (C=O) groups excluding carboxylic acids is 2. The highest BCUT2D eigenvalue weighted by Crippen LogP contribution is 2.23. The van der Waals surface area contributed by atoms with Gasteiger partial charge < -0.3 is 30.2 Å².